The second-order valence-corrected chi connectivity index (χ2v) is 5.04. The van der Waals surface area contributed by atoms with Crippen molar-refractivity contribution < 1.29 is 5.11 Å². The molecule has 84 valence electrons. The Morgan fingerprint density at radius 3 is 2.07 bits per heavy atom. The second-order valence-electron chi connectivity index (χ2n) is 5.04. The van der Waals surface area contributed by atoms with E-state index in [1.54, 1.807) is 0 Å². The van der Waals surface area contributed by atoms with Gasteiger partial charge in [-0.1, -0.05) is 46.3 Å². The number of aliphatic hydroxyl groups is 1. The Morgan fingerprint density at radius 2 is 1.64 bits per heavy atom. The summed E-state index contributed by atoms with van der Waals surface area (Å²) in [6, 6.07) is 0. The molecule has 2 unspecified atom stereocenters. The number of hydrogen-bond acceptors (Lipinski definition) is 1. The fourth-order valence-corrected chi connectivity index (χ4v) is 1.26. The summed E-state index contributed by atoms with van der Waals surface area (Å²) in [5, 5.41) is 9.07. The fourth-order valence-electron chi connectivity index (χ4n) is 1.26. The maximum absolute atomic E-state index is 9.07. The van der Waals surface area contributed by atoms with E-state index in [2.05, 4.69) is 39.8 Å². The topological polar surface area (TPSA) is 20.2 Å². The van der Waals surface area contributed by atoms with Crippen molar-refractivity contribution >= 4 is 0 Å². The molecule has 2 atom stereocenters. The second kappa shape index (κ2) is 6.23. The van der Waals surface area contributed by atoms with Crippen molar-refractivity contribution in [2.24, 2.45) is 11.3 Å². The van der Waals surface area contributed by atoms with Crippen LogP contribution in [0.4, 0.5) is 0 Å². The molecule has 0 amide bonds. The lowest BCUT2D eigenvalue weighted by Gasteiger charge is -2.29. The van der Waals surface area contributed by atoms with Crippen LogP contribution in [-0.2, 0) is 0 Å². The predicted octanol–water partition coefficient (Wildman–Crippen LogP) is 3.78. The molecule has 0 rings (SSSR count). The molecule has 0 aliphatic carbocycles. The minimum atomic E-state index is -0.208. The van der Waals surface area contributed by atoms with Crippen molar-refractivity contribution in [2.75, 3.05) is 0 Å². The van der Waals surface area contributed by atoms with Gasteiger partial charge in [-0.3, -0.25) is 0 Å². The largest absolute Gasteiger partial charge is 0.393 e. The molecular weight excluding hydrogens is 172 g/mol. The third-order valence-corrected chi connectivity index (χ3v) is 3.38. The van der Waals surface area contributed by atoms with Crippen molar-refractivity contribution in [1.82, 2.24) is 0 Å². The first-order chi connectivity index (χ1) is 6.40. The third-order valence-electron chi connectivity index (χ3n) is 3.38. The zero-order valence-corrected chi connectivity index (χ0v) is 10.4. The molecule has 0 spiro atoms. The van der Waals surface area contributed by atoms with Crippen molar-refractivity contribution in [3.05, 3.63) is 12.2 Å². The summed E-state index contributed by atoms with van der Waals surface area (Å²) in [4.78, 5) is 0. The van der Waals surface area contributed by atoms with Gasteiger partial charge in [-0.05, 0) is 31.1 Å². The number of allylic oxidation sites excluding steroid dienone is 1. The van der Waals surface area contributed by atoms with Crippen LogP contribution in [0.1, 0.15) is 53.9 Å². The van der Waals surface area contributed by atoms with E-state index in [0.717, 1.165) is 12.8 Å². The Balaban J connectivity index is 3.84. The number of aliphatic hydroxyl groups excluding tert-OH is 1. The number of hydrogen-bond donors (Lipinski definition) is 1. The summed E-state index contributed by atoms with van der Waals surface area (Å²) < 4.78 is 0. The van der Waals surface area contributed by atoms with Gasteiger partial charge in [-0.25, -0.2) is 0 Å². The first kappa shape index (κ1) is 13.7. The van der Waals surface area contributed by atoms with Crippen molar-refractivity contribution in [1.29, 1.82) is 0 Å². The van der Waals surface area contributed by atoms with E-state index < -0.39 is 0 Å². The SMILES string of the molecule is CCC(C)(C)C(C)CC=CCC(C)O. The first-order valence-electron chi connectivity index (χ1n) is 5.73. The van der Waals surface area contributed by atoms with Crippen LogP contribution in [0.15, 0.2) is 12.2 Å². The maximum Gasteiger partial charge on any atom is 0.0546 e. The molecule has 0 aliphatic heterocycles. The minimum Gasteiger partial charge on any atom is -0.393 e. The molecule has 0 bridgehead atoms. The van der Waals surface area contributed by atoms with Gasteiger partial charge in [0, 0.05) is 0 Å². The van der Waals surface area contributed by atoms with Gasteiger partial charge in [0.1, 0.15) is 0 Å². The molecule has 0 heterocycles. The highest BCUT2D eigenvalue weighted by Crippen LogP contribution is 2.32. The predicted molar refractivity (Wildman–Crippen MR) is 63.3 cm³/mol. The van der Waals surface area contributed by atoms with E-state index in [1.165, 1.54) is 6.42 Å². The quantitative estimate of drug-likeness (QED) is 0.644. The molecule has 0 radical (unpaired) electrons. The van der Waals surface area contributed by atoms with Crippen molar-refractivity contribution in [3.8, 4) is 0 Å². The van der Waals surface area contributed by atoms with Gasteiger partial charge < -0.3 is 5.11 Å². The van der Waals surface area contributed by atoms with Crippen LogP contribution in [0.5, 0.6) is 0 Å². The molecule has 1 N–H and O–H groups in total. The zero-order chi connectivity index (χ0) is 11.2. The van der Waals surface area contributed by atoms with E-state index in [-0.39, 0.29) is 6.10 Å². The van der Waals surface area contributed by atoms with Crippen LogP contribution in [-0.4, -0.2) is 11.2 Å². The van der Waals surface area contributed by atoms with Crippen LogP contribution < -0.4 is 0 Å². The van der Waals surface area contributed by atoms with Gasteiger partial charge in [0.2, 0.25) is 0 Å². The molecule has 0 saturated heterocycles. The van der Waals surface area contributed by atoms with Gasteiger partial charge in [0.15, 0.2) is 0 Å². The molecule has 0 fully saturated rings. The summed E-state index contributed by atoms with van der Waals surface area (Å²) >= 11 is 0. The van der Waals surface area contributed by atoms with Crippen LogP contribution in [0.25, 0.3) is 0 Å². The molecule has 0 aromatic carbocycles. The van der Waals surface area contributed by atoms with Gasteiger partial charge in [0.05, 0.1) is 6.10 Å². The third kappa shape index (κ3) is 5.43. The number of rotatable bonds is 6. The summed E-state index contributed by atoms with van der Waals surface area (Å²) in [7, 11) is 0. The Kier molecular flexibility index (Phi) is 6.10. The van der Waals surface area contributed by atoms with Crippen molar-refractivity contribution in [3.63, 3.8) is 0 Å². The molecule has 1 nitrogen and oxygen atoms in total. The monoisotopic (exact) mass is 198 g/mol. The Labute approximate surface area is 89.2 Å². The summed E-state index contributed by atoms with van der Waals surface area (Å²) in [6.07, 6.45) is 7.20. The van der Waals surface area contributed by atoms with E-state index in [1.807, 2.05) is 6.92 Å². The van der Waals surface area contributed by atoms with E-state index >= 15 is 0 Å². The van der Waals surface area contributed by atoms with Gasteiger partial charge in [-0.2, -0.15) is 0 Å². The van der Waals surface area contributed by atoms with Gasteiger partial charge in [0.25, 0.3) is 0 Å². The first-order valence-corrected chi connectivity index (χ1v) is 5.73. The highest BCUT2D eigenvalue weighted by Gasteiger charge is 2.22. The highest BCUT2D eigenvalue weighted by molar-refractivity contribution is 4.87. The molecule has 14 heavy (non-hydrogen) atoms. The van der Waals surface area contributed by atoms with Crippen LogP contribution in [0.3, 0.4) is 0 Å². The molecule has 0 aromatic rings. The molecular formula is C13H26O. The maximum atomic E-state index is 9.07. The molecule has 0 aliphatic rings. The average Bonchev–Trinajstić information content (AvgIpc) is 2.11. The van der Waals surface area contributed by atoms with Gasteiger partial charge in [-0.15, -0.1) is 0 Å². The smallest absolute Gasteiger partial charge is 0.0546 e. The zero-order valence-electron chi connectivity index (χ0n) is 10.4. The fraction of sp³-hybridized carbons (Fsp3) is 0.846. The van der Waals surface area contributed by atoms with Crippen molar-refractivity contribution in [2.45, 2.75) is 60.0 Å². The lowest BCUT2D eigenvalue weighted by atomic mass is 9.76. The average molecular weight is 198 g/mol. The lowest BCUT2D eigenvalue weighted by Crippen LogP contribution is -2.19. The normalized spacial score (nSPS) is 17.3. The Morgan fingerprint density at radius 1 is 1.14 bits per heavy atom. The highest BCUT2D eigenvalue weighted by atomic mass is 16.3. The van der Waals surface area contributed by atoms with Gasteiger partial charge >= 0.3 is 0 Å². The molecule has 0 saturated carbocycles. The lowest BCUT2D eigenvalue weighted by molar-refractivity contribution is 0.198. The standard InChI is InChI=1S/C13H26O/c1-6-13(4,5)11(2)9-7-8-10-12(3)14/h7-8,11-12,14H,6,9-10H2,1-5H3. The van der Waals surface area contributed by atoms with Crippen LogP contribution in [0, 0.1) is 11.3 Å². The summed E-state index contributed by atoms with van der Waals surface area (Å²) in [5.41, 5.74) is 0.426. The van der Waals surface area contributed by atoms with E-state index in [0.29, 0.717) is 11.3 Å². The van der Waals surface area contributed by atoms with Crippen LogP contribution in [0.2, 0.25) is 0 Å². The molecule has 1 heteroatoms. The van der Waals surface area contributed by atoms with Crippen LogP contribution >= 0.6 is 0 Å². The summed E-state index contributed by atoms with van der Waals surface area (Å²) in [5.74, 6) is 0.706. The van der Waals surface area contributed by atoms with E-state index in [4.69, 9.17) is 5.11 Å². The van der Waals surface area contributed by atoms with E-state index in [9.17, 15) is 0 Å². The Hall–Kier alpha value is -0.300. The minimum absolute atomic E-state index is 0.208. The summed E-state index contributed by atoms with van der Waals surface area (Å²) in [6.45, 7) is 11.0. The Bertz CT molecular complexity index is 168. The molecule has 0 aromatic heterocycles.